The van der Waals surface area contributed by atoms with Gasteiger partial charge in [0.05, 0.1) is 10.2 Å². The van der Waals surface area contributed by atoms with Gasteiger partial charge in [0.25, 0.3) is 5.91 Å². The van der Waals surface area contributed by atoms with Crippen LogP contribution in [0.15, 0.2) is 73.1 Å². The Bertz CT molecular complexity index is 1030. The van der Waals surface area contributed by atoms with Crippen LogP contribution in [0.1, 0.15) is 15.9 Å². The summed E-state index contributed by atoms with van der Waals surface area (Å²) in [4.78, 5) is 21.0. The first-order chi connectivity index (χ1) is 12.8. The molecule has 1 amide bonds. The van der Waals surface area contributed by atoms with Crippen LogP contribution in [0.25, 0.3) is 10.2 Å². The van der Waals surface area contributed by atoms with Crippen LogP contribution in [0.5, 0.6) is 0 Å². The number of rotatable bonds is 5. The van der Waals surface area contributed by atoms with E-state index in [1.807, 2.05) is 54.6 Å². The Morgan fingerprint density at radius 1 is 1.00 bits per heavy atom. The van der Waals surface area contributed by atoms with Crippen LogP contribution in [-0.2, 0) is 6.54 Å². The lowest BCUT2D eigenvalue weighted by atomic mass is 10.2. The zero-order valence-corrected chi connectivity index (χ0v) is 14.7. The first-order valence-corrected chi connectivity index (χ1v) is 8.99. The van der Waals surface area contributed by atoms with Gasteiger partial charge < -0.3 is 10.6 Å². The van der Waals surface area contributed by atoms with Gasteiger partial charge in [-0.15, -0.1) is 0 Å². The van der Waals surface area contributed by atoms with Crippen molar-refractivity contribution >= 4 is 38.3 Å². The second-order valence-electron chi connectivity index (χ2n) is 5.73. The summed E-state index contributed by atoms with van der Waals surface area (Å²) in [5, 5.41) is 6.99. The highest BCUT2D eigenvalue weighted by atomic mass is 32.1. The number of anilines is 2. The number of pyridine rings is 1. The van der Waals surface area contributed by atoms with Gasteiger partial charge in [0, 0.05) is 30.2 Å². The van der Waals surface area contributed by atoms with Crippen molar-refractivity contribution < 1.29 is 4.79 Å². The number of benzene rings is 2. The van der Waals surface area contributed by atoms with Gasteiger partial charge in [0.15, 0.2) is 5.13 Å². The van der Waals surface area contributed by atoms with Gasteiger partial charge in [-0.05, 0) is 35.9 Å². The molecule has 0 saturated heterocycles. The van der Waals surface area contributed by atoms with Crippen molar-refractivity contribution in [1.82, 2.24) is 15.3 Å². The van der Waals surface area contributed by atoms with Gasteiger partial charge >= 0.3 is 0 Å². The fourth-order valence-electron chi connectivity index (χ4n) is 2.56. The minimum atomic E-state index is -0.0900. The van der Waals surface area contributed by atoms with Crippen LogP contribution in [0, 0.1) is 0 Å². The second kappa shape index (κ2) is 7.33. The minimum Gasteiger partial charge on any atom is -0.348 e. The fraction of sp³-hybridized carbons (Fsp3) is 0.0500. The summed E-state index contributed by atoms with van der Waals surface area (Å²) in [7, 11) is 0. The average Bonchev–Trinajstić information content (AvgIpc) is 3.09. The first kappa shape index (κ1) is 16.2. The zero-order chi connectivity index (χ0) is 17.8. The molecule has 0 aliphatic carbocycles. The second-order valence-corrected chi connectivity index (χ2v) is 6.76. The van der Waals surface area contributed by atoms with Gasteiger partial charge in [-0.25, -0.2) is 4.98 Å². The van der Waals surface area contributed by atoms with Crippen molar-refractivity contribution in [2.75, 3.05) is 5.32 Å². The van der Waals surface area contributed by atoms with Crippen LogP contribution < -0.4 is 10.6 Å². The molecule has 0 unspecified atom stereocenters. The third-order valence-corrected chi connectivity index (χ3v) is 4.81. The Kier molecular flexibility index (Phi) is 4.57. The highest BCUT2D eigenvalue weighted by Gasteiger charge is 2.10. The largest absolute Gasteiger partial charge is 0.348 e. The monoisotopic (exact) mass is 360 g/mol. The number of nitrogens with zero attached hydrogens (tertiary/aromatic N) is 2. The van der Waals surface area contributed by atoms with E-state index in [1.54, 1.807) is 18.5 Å². The molecule has 5 nitrogen and oxygen atoms in total. The van der Waals surface area contributed by atoms with Crippen LogP contribution in [-0.4, -0.2) is 15.9 Å². The van der Waals surface area contributed by atoms with E-state index in [0.29, 0.717) is 12.1 Å². The van der Waals surface area contributed by atoms with Crippen molar-refractivity contribution in [3.05, 3.63) is 84.2 Å². The zero-order valence-electron chi connectivity index (χ0n) is 13.8. The predicted molar refractivity (Wildman–Crippen MR) is 105 cm³/mol. The molecule has 2 aromatic heterocycles. The SMILES string of the molecule is O=C(NCc1ccccc1)c1ccc2nc(Nc3ccncc3)sc2c1. The maximum absolute atomic E-state index is 12.4. The molecule has 26 heavy (non-hydrogen) atoms. The summed E-state index contributed by atoms with van der Waals surface area (Å²) in [5.41, 5.74) is 3.50. The smallest absolute Gasteiger partial charge is 0.251 e. The Labute approximate surface area is 154 Å². The van der Waals surface area contributed by atoms with Crippen LogP contribution in [0.3, 0.4) is 0 Å². The summed E-state index contributed by atoms with van der Waals surface area (Å²) >= 11 is 1.52. The highest BCUT2D eigenvalue weighted by Crippen LogP contribution is 2.28. The molecule has 2 N–H and O–H groups in total. The van der Waals surface area contributed by atoms with E-state index in [2.05, 4.69) is 20.6 Å². The Hall–Kier alpha value is -3.25. The van der Waals surface area contributed by atoms with E-state index in [4.69, 9.17) is 0 Å². The molecule has 0 atom stereocenters. The molecule has 0 bridgehead atoms. The summed E-state index contributed by atoms with van der Waals surface area (Å²) in [6.07, 6.45) is 3.45. The fourth-order valence-corrected chi connectivity index (χ4v) is 3.48. The standard InChI is InChI=1S/C20H16N4OS/c25-19(22-13-14-4-2-1-3-5-14)15-6-7-17-18(12-15)26-20(24-17)23-16-8-10-21-11-9-16/h1-12H,13H2,(H,22,25)(H,21,23,24). The predicted octanol–water partition coefficient (Wildman–Crippen LogP) is 4.36. The lowest BCUT2D eigenvalue weighted by molar-refractivity contribution is 0.0951. The first-order valence-electron chi connectivity index (χ1n) is 8.18. The van der Waals surface area contributed by atoms with E-state index < -0.39 is 0 Å². The van der Waals surface area contributed by atoms with E-state index in [9.17, 15) is 4.79 Å². The van der Waals surface area contributed by atoms with Crippen molar-refractivity contribution in [1.29, 1.82) is 0 Å². The lowest BCUT2D eigenvalue weighted by Gasteiger charge is -2.05. The summed E-state index contributed by atoms with van der Waals surface area (Å²) in [6, 6.07) is 19.2. The lowest BCUT2D eigenvalue weighted by Crippen LogP contribution is -2.22. The normalized spacial score (nSPS) is 10.6. The van der Waals surface area contributed by atoms with Gasteiger partial charge in [-0.2, -0.15) is 0 Å². The summed E-state index contributed by atoms with van der Waals surface area (Å²) in [5.74, 6) is -0.0900. The molecule has 128 valence electrons. The Balaban J connectivity index is 1.49. The number of carbonyl (C=O) groups is 1. The molecule has 0 radical (unpaired) electrons. The molecule has 0 saturated carbocycles. The molecule has 0 aliphatic rings. The van der Waals surface area contributed by atoms with Gasteiger partial charge in [0.2, 0.25) is 0 Å². The van der Waals surface area contributed by atoms with E-state index in [0.717, 1.165) is 26.6 Å². The molecule has 2 aromatic carbocycles. The van der Waals surface area contributed by atoms with Crippen LogP contribution >= 0.6 is 11.3 Å². The molecule has 0 fully saturated rings. The van der Waals surface area contributed by atoms with E-state index in [-0.39, 0.29) is 5.91 Å². The molecule has 6 heteroatoms. The number of nitrogens with one attached hydrogen (secondary N) is 2. The van der Waals surface area contributed by atoms with E-state index >= 15 is 0 Å². The number of thiazole rings is 1. The van der Waals surface area contributed by atoms with Crippen LogP contribution in [0.2, 0.25) is 0 Å². The molecular weight excluding hydrogens is 344 g/mol. The minimum absolute atomic E-state index is 0.0900. The number of aromatic nitrogens is 2. The topological polar surface area (TPSA) is 66.9 Å². The summed E-state index contributed by atoms with van der Waals surface area (Å²) < 4.78 is 0.967. The number of carbonyl (C=O) groups excluding carboxylic acids is 1. The van der Waals surface area contributed by atoms with Crippen molar-refractivity contribution in [2.45, 2.75) is 6.54 Å². The molecule has 0 aliphatic heterocycles. The van der Waals surface area contributed by atoms with Gasteiger partial charge in [-0.3, -0.25) is 9.78 Å². The molecule has 2 heterocycles. The van der Waals surface area contributed by atoms with Crippen LogP contribution in [0.4, 0.5) is 10.8 Å². The average molecular weight is 360 g/mol. The van der Waals surface area contributed by atoms with Gasteiger partial charge in [0.1, 0.15) is 0 Å². The molecule has 0 spiro atoms. The Morgan fingerprint density at radius 3 is 2.62 bits per heavy atom. The number of hydrogen-bond donors (Lipinski definition) is 2. The third kappa shape index (κ3) is 3.70. The van der Waals surface area contributed by atoms with Gasteiger partial charge in [-0.1, -0.05) is 41.7 Å². The maximum Gasteiger partial charge on any atom is 0.251 e. The van der Waals surface area contributed by atoms with Crippen molar-refractivity contribution in [2.24, 2.45) is 0 Å². The number of hydrogen-bond acceptors (Lipinski definition) is 5. The number of amides is 1. The third-order valence-electron chi connectivity index (χ3n) is 3.88. The Morgan fingerprint density at radius 2 is 1.81 bits per heavy atom. The number of fused-ring (bicyclic) bond motifs is 1. The highest BCUT2D eigenvalue weighted by molar-refractivity contribution is 7.22. The molecule has 4 aromatic rings. The maximum atomic E-state index is 12.4. The van der Waals surface area contributed by atoms with E-state index in [1.165, 1.54) is 11.3 Å². The molecular formula is C20H16N4OS. The quantitative estimate of drug-likeness (QED) is 0.555. The molecule has 4 rings (SSSR count). The van der Waals surface area contributed by atoms with Crippen molar-refractivity contribution in [3.8, 4) is 0 Å². The summed E-state index contributed by atoms with van der Waals surface area (Å²) in [6.45, 7) is 0.509. The van der Waals surface area contributed by atoms with Crippen molar-refractivity contribution in [3.63, 3.8) is 0 Å².